The predicted octanol–water partition coefficient (Wildman–Crippen LogP) is 5.37. The van der Waals surface area contributed by atoms with E-state index in [0.29, 0.717) is 16.5 Å². The summed E-state index contributed by atoms with van der Waals surface area (Å²) in [4.78, 5) is 16.5. The third-order valence-corrected chi connectivity index (χ3v) is 4.92. The first-order valence-electron chi connectivity index (χ1n) is 8.79. The van der Waals surface area contributed by atoms with Gasteiger partial charge in [0.25, 0.3) is 5.91 Å². The Morgan fingerprint density at radius 2 is 2.03 bits per heavy atom. The van der Waals surface area contributed by atoms with E-state index in [1.807, 2.05) is 29.5 Å². The topological polar surface area (TPSA) is 58.4 Å². The Hall–Kier alpha value is -2.37. The van der Waals surface area contributed by atoms with Gasteiger partial charge in [-0.25, -0.2) is 9.37 Å². The highest BCUT2D eigenvalue weighted by Crippen LogP contribution is 2.36. The molecule has 0 radical (unpaired) electrons. The number of unbranched alkanes of at least 4 members (excludes halogenated alkanes) is 1. The number of benzene rings is 1. The molecule has 1 amide bonds. The maximum absolute atomic E-state index is 14.3. The number of pyridine rings is 1. The fourth-order valence-electron chi connectivity index (χ4n) is 2.81. The lowest BCUT2D eigenvalue weighted by molar-refractivity contribution is -0.136. The van der Waals surface area contributed by atoms with Crippen LogP contribution in [0.2, 0.25) is 0 Å². The summed E-state index contributed by atoms with van der Waals surface area (Å²) < 4.78 is 56.8. The summed E-state index contributed by atoms with van der Waals surface area (Å²) in [5, 5.41) is 5.37. The number of carbonyl (C=O) groups is 1. The van der Waals surface area contributed by atoms with Crippen LogP contribution in [0.25, 0.3) is 5.52 Å². The number of alkyl halides is 3. The van der Waals surface area contributed by atoms with Crippen LogP contribution in [-0.2, 0) is 6.18 Å². The molecule has 2 heterocycles. The van der Waals surface area contributed by atoms with Gasteiger partial charge in [-0.05, 0) is 53.3 Å². The molecule has 0 saturated heterocycles. The van der Waals surface area contributed by atoms with E-state index in [1.54, 1.807) is 6.07 Å². The molecule has 5 nitrogen and oxygen atoms in total. The summed E-state index contributed by atoms with van der Waals surface area (Å²) in [7, 11) is 0. The second kappa shape index (κ2) is 8.56. The van der Waals surface area contributed by atoms with Crippen molar-refractivity contribution in [3.63, 3.8) is 0 Å². The highest BCUT2D eigenvalue weighted by atomic mass is 127. The number of fused-ring (bicyclic) bond motifs is 1. The average molecular weight is 520 g/mol. The second-order valence-corrected chi connectivity index (χ2v) is 7.57. The average Bonchev–Trinajstić information content (AvgIpc) is 3.12. The van der Waals surface area contributed by atoms with Crippen molar-refractivity contribution >= 4 is 45.5 Å². The minimum Gasteiger partial charge on any atom is -0.352 e. The smallest absolute Gasteiger partial charge is 0.352 e. The van der Waals surface area contributed by atoms with E-state index in [9.17, 15) is 22.4 Å². The van der Waals surface area contributed by atoms with Crippen molar-refractivity contribution in [2.45, 2.75) is 25.9 Å². The minimum absolute atomic E-state index is 0.000364. The van der Waals surface area contributed by atoms with Crippen molar-refractivity contribution < 1.29 is 22.4 Å². The molecule has 0 aliphatic heterocycles. The highest BCUT2D eigenvalue weighted by Gasteiger charge is 2.35. The molecule has 1 aromatic carbocycles. The van der Waals surface area contributed by atoms with Crippen LogP contribution in [-0.4, -0.2) is 21.8 Å². The van der Waals surface area contributed by atoms with Crippen LogP contribution in [0.15, 0.2) is 36.8 Å². The van der Waals surface area contributed by atoms with E-state index in [0.717, 1.165) is 29.4 Å². The van der Waals surface area contributed by atoms with Gasteiger partial charge in [0.1, 0.15) is 18.0 Å². The summed E-state index contributed by atoms with van der Waals surface area (Å²) in [5.74, 6) is -1.28. The quantitative estimate of drug-likeness (QED) is 0.261. The Bertz CT molecular complexity index is 1050. The Morgan fingerprint density at radius 3 is 2.69 bits per heavy atom. The number of anilines is 2. The van der Waals surface area contributed by atoms with E-state index in [4.69, 9.17) is 0 Å². The molecule has 0 saturated carbocycles. The predicted molar refractivity (Wildman–Crippen MR) is 110 cm³/mol. The molecule has 0 aliphatic rings. The number of rotatable bonds is 6. The van der Waals surface area contributed by atoms with Gasteiger partial charge in [-0.15, -0.1) is 0 Å². The number of aromatic nitrogens is 2. The van der Waals surface area contributed by atoms with Crippen LogP contribution in [0.5, 0.6) is 0 Å². The molecule has 0 fully saturated rings. The van der Waals surface area contributed by atoms with Crippen LogP contribution < -0.4 is 10.6 Å². The van der Waals surface area contributed by atoms with Crippen molar-refractivity contribution in [3.8, 4) is 0 Å². The Kier molecular flexibility index (Phi) is 6.30. The SMILES string of the molecule is CCCCNC(=O)c1cc(C(F)(F)F)c2cncn2c1Nc1ccc(I)cc1F. The molecule has 3 rings (SSSR count). The standard InChI is InChI=1S/C19H17F4IN4O/c1-2-3-6-26-18(29)12-8-13(19(21,22)23)16-9-25-10-28(16)17(12)27-15-5-4-11(24)7-14(15)20/h4-5,7-10,27H,2-3,6H2,1H3,(H,26,29). The number of carbonyl (C=O) groups excluding carboxylic acids is 1. The Labute approximate surface area is 177 Å². The van der Waals surface area contributed by atoms with Crippen molar-refractivity contribution in [1.29, 1.82) is 0 Å². The number of amides is 1. The molecule has 2 aromatic heterocycles. The monoisotopic (exact) mass is 520 g/mol. The van der Waals surface area contributed by atoms with Gasteiger partial charge in [-0.1, -0.05) is 13.3 Å². The maximum Gasteiger partial charge on any atom is 0.418 e. The molecule has 10 heteroatoms. The van der Waals surface area contributed by atoms with Crippen LogP contribution in [0.1, 0.15) is 35.7 Å². The first kappa shape index (κ1) is 21.3. The van der Waals surface area contributed by atoms with E-state index in [-0.39, 0.29) is 22.6 Å². The number of nitrogens with one attached hydrogen (secondary N) is 2. The maximum atomic E-state index is 14.3. The van der Waals surface area contributed by atoms with Gasteiger partial charge in [0.2, 0.25) is 0 Å². The summed E-state index contributed by atoms with van der Waals surface area (Å²) >= 11 is 1.94. The zero-order valence-corrected chi connectivity index (χ0v) is 17.4. The summed E-state index contributed by atoms with van der Waals surface area (Å²) in [6, 6.07) is 5.14. The van der Waals surface area contributed by atoms with Gasteiger partial charge in [0.15, 0.2) is 0 Å². The fraction of sp³-hybridized carbons (Fsp3) is 0.263. The third kappa shape index (κ3) is 4.62. The molecule has 29 heavy (non-hydrogen) atoms. The van der Waals surface area contributed by atoms with Gasteiger partial charge < -0.3 is 10.6 Å². The van der Waals surface area contributed by atoms with Crippen LogP contribution in [0, 0.1) is 9.39 Å². The molecular formula is C19H17F4IN4O. The lowest BCUT2D eigenvalue weighted by atomic mass is 10.1. The third-order valence-electron chi connectivity index (χ3n) is 4.25. The van der Waals surface area contributed by atoms with Gasteiger partial charge in [0, 0.05) is 10.1 Å². The molecule has 0 aliphatic carbocycles. The highest BCUT2D eigenvalue weighted by molar-refractivity contribution is 14.1. The summed E-state index contributed by atoms with van der Waals surface area (Å²) in [6.07, 6.45) is -0.989. The van der Waals surface area contributed by atoms with Crippen LogP contribution >= 0.6 is 22.6 Å². The van der Waals surface area contributed by atoms with Gasteiger partial charge in [-0.2, -0.15) is 13.2 Å². The first-order valence-corrected chi connectivity index (χ1v) is 9.86. The largest absolute Gasteiger partial charge is 0.418 e. The normalized spacial score (nSPS) is 11.7. The van der Waals surface area contributed by atoms with Gasteiger partial charge >= 0.3 is 6.18 Å². The lowest BCUT2D eigenvalue weighted by Crippen LogP contribution is -2.26. The van der Waals surface area contributed by atoms with E-state index in [1.165, 1.54) is 12.1 Å². The number of nitrogens with zero attached hydrogens (tertiary/aromatic N) is 2. The lowest BCUT2D eigenvalue weighted by Gasteiger charge is -2.18. The van der Waals surface area contributed by atoms with Crippen molar-refractivity contribution in [2.75, 3.05) is 11.9 Å². The Morgan fingerprint density at radius 1 is 1.28 bits per heavy atom. The molecule has 154 valence electrons. The fourth-order valence-corrected chi connectivity index (χ4v) is 3.26. The first-order chi connectivity index (χ1) is 13.7. The van der Waals surface area contributed by atoms with Crippen LogP contribution in [0.3, 0.4) is 0 Å². The van der Waals surface area contributed by atoms with Crippen molar-refractivity contribution in [3.05, 3.63) is 57.3 Å². The van der Waals surface area contributed by atoms with Gasteiger partial charge in [-0.3, -0.25) is 9.20 Å². The Balaban J connectivity index is 2.16. The minimum atomic E-state index is -4.69. The molecule has 0 bridgehead atoms. The van der Waals surface area contributed by atoms with Crippen molar-refractivity contribution in [1.82, 2.24) is 14.7 Å². The number of hydrogen-bond acceptors (Lipinski definition) is 3. The number of hydrogen-bond donors (Lipinski definition) is 2. The van der Waals surface area contributed by atoms with E-state index >= 15 is 0 Å². The van der Waals surface area contributed by atoms with E-state index in [2.05, 4.69) is 15.6 Å². The second-order valence-electron chi connectivity index (χ2n) is 6.33. The zero-order chi connectivity index (χ0) is 21.2. The molecule has 2 N–H and O–H groups in total. The number of halogens is 5. The summed E-state index contributed by atoms with van der Waals surface area (Å²) in [6.45, 7) is 2.24. The molecule has 0 spiro atoms. The molecule has 3 aromatic rings. The van der Waals surface area contributed by atoms with Gasteiger partial charge in [0.05, 0.1) is 28.5 Å². The molecule has 0 atom stereocenters. The van der Waals surface area contributed by atoms with Crippen molar-refractivity contribution in [2.24, 2.45) is 0 Å². The van der Waals surface area contributed by atoms with E-state index < -0.39 is 23.5 Å². The van der Waals surface area contributed by atoms with Crippen LogP contribution in [0.4, 0.5) is 29.1 Å². The zero-order valence-electron chi connectivity index (χ0n) is 15.3. The summed E-state index contributed by atoms with van der Waals surface area (Å²) in [5.41, 5.74) is -1.46. The molecular weight excluding hydrogens is 503 g/mol. The number of imidazole rings is 1. The molecule has 0 unspecified atom stereocenters.